The molecular weight excluding hydrogens is 571 g/mol. The van der Waals surface area contributed by atoms with Crippen molar-refractivity contribution in [3.63, 3.8) is 0 Å². The number of aryl methyl sites for hydroxylation is 1. The molecule has 0 saturated carbocycles. The van der Waals surface area contributed by atoms with Crippen LogP contribution in [0.2, 0.25) is 0 Å². The molecule has 2 aromatic heterocycles. The fourth-order valence-corrected chi connectivity index (χ4v) is 4.98. The van der Waals surface area contributed by atoms with E-state index < -0.39 is 5.41 Å². The molecule has 0 aliphatic rings. The van der Waals surface area contributed by atoms with Crippen LogP contribution in [0.15, 0.2) is 87.2 Å². The number of aromatic nitrogens is 3. The Kier molecular flexibility index (Phi) is 7.47. The number of rotatable bonds is 6. The molecule has 204 valence electrons. The monoisotopic (exact) mass is 600 g/mol. The van der Waals surface area contributed by atoms with E-state index in [1.807, 2.05) is 77.1 Å². The Bertz CT molecular complexity index is 1780. The van der Waals surface area contributed by atoms with Crippen molar-refractivity contribution < 1.29 is 9.13 Å². The number of ether oxygens (including phenoxy) is 1. The van der Waals surface area contributed by atoms with Gasteiger partial charge >= 0.3 is 0 Å². The lowest BCUT2D eigenvalue weighted by molar-refractivity contribution is 0.306. The van der Waals surface area contributed by atoms with Gasteiger partial charge in [0.1, 0.15) is 24.0 Å². The SMILES string of the molecule is Cc1cc(C=Nn2c(C(C)(C)C)nc3ccc(Br)cc3c2=O)c(C)n1-c1ccc(OCc2ccc(F)cc2)cc1. The normalized spacial score (nSPS) is 12.0. The Labute approximate surface area is 240 Å². The minimum absolute atomic E-state index is 0.211. The summed E-state index contributed by atoms with van der Waals surface area (Å²) in [6.45, 7) is 10.5. The van der Waals surface area contributed by atoms with Crippen molar-refractivity contribution in [3.05, 3.63) is 122 Å². The molecule has 0 saturated heterocycles. The van der Waals surface area contributed by atoms with Crippen molar-refractivity contribution in [2.45, 2.75) is 46.6 Å². The summed E-state index contributed by atoms with van der Waals surface area (Å²) in [4.78, 5) is 18.3. The predicted molar refractivity (Wildman–Crippen MR) is 161 cm³/mol. The molecule has 6 nitrogen and oxygen atoms in total. The molecule has 0 aliphatic carbocycles. The number of fused-ring (bicyclic) bond motifs is 1. The highest BCUT2D eigenvalue weighted by atomic mass is 79.9. The Hall–Kier alpha value is -4.04. The van der Waals surface area contributed by atoms with Crippen LogP contribution in [0.5, 0.6) is 5.75 Å². The Morgan fingerprint density at radius 1 is 1.00 bits per heavy atom. The van der Waals surface area contributed by atoms with Gasteiger partial charge in [0.25, 0.3) is 5.56 Å². The minimum Gasteiger partial charge on any atom is -0.489 e. The first kappa shape index (κ1) is 27.5. The second-order valence-corrected chi connectivity index (χ2v) is 11.7. The van der Waals surface area contributed by atoms with Crippen LogP contribution in [0.25, 0.3) is 16.6 Å². The molecular formula is C32H30BrFN4O2. The smallest absolute Gasteiger partial charge is 0.282 e. The molecule has 0 unspecified atom stereocenters. The van der Waals surface area contributed by atoms with Crippen molar-refractivity contribution >= 4 is 33.0 Å². The van der Waals surface area contributed by atoms with Gasteiger partial charge in [-0.25, -0.2) is 9.37 Å². The minimum atomic E-state index is -0.394. The Morgan fingerprint density at radius 2 is 1.70 bits per heavy atom. The van der Waals surface area contributed by atoms with Gasteiger partial charge in [0.15, 0.2) is 0 Å². The molecule has 0 amide bonds. The average molecular weight is 602 g/mol. The highest BCUT2D eigenvalue weighted by Gasteiger charge is 2.23. The van der Waals surface area contributed by atoms with Crippen molar-refractivity contribution in [3.8, 4) is 11.4 Å². The van der Waals surface area contributed by atoms with Crippen LogP contribution in [0, 0.1) is 19.7 Å². The Balaban J connectivity index is 1.44. The second-order valence-electron chi connectivity index (χ2n) is 10.8. The lowest BCUT2D eigenvalue weighted by Gasteiger charge is -2.20. The van der Waals surface area contributed by atoms with Crippen LogP contribution in [0.3, 0.4) is 0 Å². The molecule has 40 heavy (non-hydrogen) atoms. The zero-order chi connectivity index (χ0) is 28.6. The molecule has 0 atom stereocenters. The van der Waals surface area contributed by atoms with E-state index in [0.717, 1.165) is 38.4 Å². The largest absolute Gasteiger partial charge is 0.489 e. The third kappa shape index (κ3) is 5.63. The Morgan fingerprint density at radius 3 is 2.38 bits per heavy atom. The summed E-state index contributed by atoms with van der Waals surface area (Å²) in [5.74, 6) is 1.05. The van der Waals surface area contributed by atoms with Crippen LogP contribution >= 0.6 is 15.9 Å². The molecule has 0 fully saturated rings. The maximum Gasteiger partial charge on any atom is 0.282 e. The molecule has 2 heterocycles. The number of halogens is 2. The average Bonchev–Trinajstić information content (AvgIpc) is 3.20. The zero-order valence-corrected chi connectivity index (χ0v) is 24.7. The van der Waals surface area contributed by atoms with Crippen LogP contribution < -0.4 is 10.3 Å². The van der Waals surface area contributed by atoms with E-state index in [-0.39, 0.29) is 11.4 Å². The first-order valence-corrected chi connectivity index (χ1v) is 13.7. The van der Waals surface area contributed by atoms with Crippen LogP contribution in [-0.2, 0) is 12.0 Å². The summed E-state index contributed by atoms with van der Waals surface area (Å²) in [5, 5.41) is 5.15. The molecule has 0 N–H and O–H groups in total. The van der Waals surface area contributed by atoms with E-state index >= 15 is 0 Å². The summed E-state index contributed by atoms with van der Waals surface area (Å²) in [6.07, 6.45) is 1.72. The van der Waals surface area contributed by atoms with Gasteiger partial charge in [-0.1, -0.05) is 48.8 Å². The molecule has 3 aromatic carbocycles. The van der Waals surface area contributed by atoms with E-state index in [1.54, 1.807) is 24.4 Å². The molecule has 0 radical (unpaired) electrons. The maximum atomic E-state index is 13.5. The van der Waals surface area contributed by atoms with Gasteiger partial charge < -0.3 is 9.30 Å². The number of benzene rings is 3. The third-order valence-corrected chi connectivity index (χ3v) is 7.17. The van der Waals surface area contributed by atoms with Crippen molar-refractivity contribution in [2.75, 3.05) is 0 Å². The molecule has 5 aromatic rings. The molecule has 0 spiro atoms. The van der Waals surface area contributed by atoms with E-state index in [0.29, 0.717) is 23.3 Å². The number of hydrogen-bond acceptors (Lipinski definition) is 4. The first-order chi connectivity index (χ1) is 19.0. The molecule has 5 rings (SSSR count). The van der Waals surface area contributed by atoms with Gasteiger partial charge in [-0.2, -0.15) is 9.78 Å². The van der Waals surface area contributed by atoms with Crippen LogP contribution in [0.1, 0.15) is 49.1 Å². The second kappa shape index (κ2) is 10.8. The van der Waals surface area contributed by atoms with Crippen LogP contribution in [-0.4, -0.2) is 20.4 Å². The summed E-state index contributed by atoms with van der Waals surface area (Å²) < 4.78 is 23.4. The van der Waals surface area contributed by atoms with Gasteiger partial charge in [-0.3, -0.25) is 4.79 Å². The fraction of sp³-hybridized carbons (Fsp3) is 0.219. The topological polar surface area (TPSA) is 61.4 Å². The lowest BCUT2D eigenvalue weighted by Crippen LogP contribution is -2.29. The molecule has 0 aliphatic heterocycles. The van der Waals surface area contributed by atoms with Gasteiger partial charge in [0.05, 0.1) is 17.1 Å². The first-order valence-electron chi connectivity index (χ1n) is 12.9. The van der Waals surface area contributed by atoms with E-state index in [9.17, 15) is 9.18 Å². The zero-order valence-electron chi connectivity index (χ0n) is 23.1. The number of hydrogen-bond donors (Lipinski definition) is 0. The lowest BCUT2D eigenvalue weighted by atomic mass is 9.95. The standard InChI is InChI=1S/C32H30BrFN4O2/c1-20-16-23(18-35-38-30(39)28-17-24(33)8-15-29(28)36-31(38)32(3,4)5)21(2)37(20)26-11-13-27(14-12-26)40-19-22-6-9-25(34)10-7-22/h6-18H,19H2,1-5H3. The van der Waals surface area contributed by atoms with Crippen molar-refractivity contribution in [1.29, 1.82) is 0 Å². The number of nitrogens with zero attached hydrogens (tertiary/aromatic N) is 4. The highest BCUT2D eigenvalue weighted by molar-refractivity contribution is 9.10. The van der Waals surface area contributed by atoms with Gasteiger partial charge in [-0.15, -0.1) is 0 Å². The van der Waals surface area contributed by atoms with Gasteiger partial charge in [0, 0.05) is 32.5 Å². The van der Waals surface area contributed by atoms with Gasteiger partial charge in [0.2, 0.25) is 0 Å². The molecule has 8 heteroatoms. The highest BCUT2D eigenvalue weighted by Crippen LogP contribution is 2.25. The summed E-state index contributed by atoms with van der Waals surface area (Å²) in [5.41, 5.74) is 4.84. The fourth-order valence-electron chi connectivity index (χ4n) is 4.62. The van der Waals surface area contributed by atoms with Crippen LogP contribution in [0.4, 0.5) is 4.39 Å². The van der Waals surface area contributed by atoms with Crippen molar-refractivity contribution in [1.82, 2.24) is 14.2 Å². The van der Waals surface area contributed by atoms with Crippen molar-refractivity contribution in [2.24, 2.45) is 5.10 Å². The van der Waals surface area contributed by atoms with E-state index in [4.69, 9.17) is 9.72 Å². The summed E-state index contributed by atoms with van der Waals surface area (Å²) in [7, 11) is 0. The van der Waals surface area contributed by atoms with Gasteiger partial charge in [-0.05, 0) is 80.1 Å². The van der Waals surface area contributed by atoms with E-state index in [2.05, 4.69) is 25.6 Å². The third-order valence-electron chi connectivity index (χ3n) is 6.68. The molecule has 0 bridgehead atoms. The summed E-state index contributed by atoms with van der Waals surface area (Å²) >= 11 is 3.46. The quantitative estimate of drug-likeness (QED) is 0.190. The summed E-state index contributed by atoms with van der Waals surface area (Å²) in [6, 6.07) is 21.7. The maximum absolute atomic E-state index is 13.5. The predicted octanol–water partition coefficient (Wildman–Crippen LogP) is 7.46. The van der Waals surface area contributed by atoms with E-state index in [1.165, 1.54) is 16.8 Å².